The zero-order chi connectivity index (χ0) is 15.9. The predicted molar refractivity (Wildman–Crippen MR) is 76.7 cm³/mol. The third-order valence-electron chi connectivity index (χ3n) is 3.10. The first-order chi connectivity index (χ1) is 9.88. The van der Waals surface area contributed by atoms with Crippen LogP contribution in [-0.4, -0.2) is 26.5 Å². The van der Waals surface area contributed by atoms with Gasteiger partial charge in [0.05, 0.1) is 5.75 Å². The zero-order valence-electron chi connectivity index (χ0n) is 11.8. The van der Waals surface area contributed by atoms with Crippen molar-refractivity contribution in [3.05, 3.63) is 29.8 Å². The van der Waals surface area contributed by atoms with Crippen molar-refractivity contribution in [2.75, 3.05) is 11.5 Å². The average Bonchev–Trinajstić information content (AvgIpc) is 2.44. The van der Waals surface area contributed by atoms with Crippen LogP contribution in [0, 0.1) is 0 Å². The van der Waals surface area contributed by atoms with Crippen LogP contribution in [0.25, 0.3) is 0 Å². The van der Waals surface area contributed by atoms with E-state index in [-0.39, 0.29) is 23.3 Å². The molecule has 8 heteroatoms. The Hall–Kier alpha value is -1.25. The lowest BCUT2D eigenvalue weighted by atomic mass is 10.0. The number of hydrogen-bond donors (Lipinski definition) is 2. The van der Waals surface area contributed by atoms with Crippen molar-refractivity contribution in [2.24, 2.45) is 5.84 Å². The van der Waals surface area contributed by atoms with Crippen LogP contribution in [0.3, 0.4) is 0 Å². The molecule has 0 fully saturated rings. The Bertz CT molecular complexity index is 521. The van der Waals surface area contributed by atoms with Crippen molar-refractivity contribution >= 4 is 9.84 Å². The topological polar surface area (TPSA) is 81.4 Å². The van der Waals surface area contributed by atoms with Gasteiger partial charge >= 0.3 is 6.61 Å². The predicted octanol–water partition coefficient (Wildman–Crippen LogP) is 2.01. The number of halogens is 2. The number of nitrogens with two attached hydrogens (primary N) is 1. The number of benzene rings is 1. The van der Waals surface area contributed by atoms with Crippen molar-refractivity contribution in [1.82, 2.24) is 5.43 Å². The van der Waals surface area contributed by atoms with E-state index in [0.29, 0.717) is 12.8 Å². The van der Waals surface area contributed by atoms with Crippen molar-refractivity contribution < 1.29 is 21.9 Å². The molecule has 21 heavy (non-hydrogen) atoms. The second kappa shape index (κ2) is 8.26. The van der Waals surface area contributed by atoms with Crippen LogP contribution < -0.4 is 16.0 Å². The molecule has 0 aliphatic carbocycles. The highest BCUT2D eigenvalue weighted by Crippen LogP contribution is 2.22. The Balaban J connectivity index is 2.59. The number of rotatable bonds is 9. The maximum atomic E-state index is 12.0. The molecule has 1 atom stereocenters. The molecule has 0 saturated heterocycles. The van der Waals surface area contributed by atoms with Crippen molar-refractivity contribution in [1.29, 1.82) is 0 Å². The van der Waals surface area contributed by atoms with Crippen LogP contribution in [0.15, 0.2) is 24.3 Å². The van der Waals surface area contributed by atoms with Gasteiger partial charge in [-0.3, -0.25) is 11.3 Å². The van der Waals surface area contributed by atoms with Crippen molar-refractivity contribution in [3.63, 3.8) is 0 Å². The molecule has 0 amide bonds. The van der Waals surface area contributed by atoms with E-state index in [1.165, 1.54) is 12.1 Å². The van der Waals surface area contributed by atoms with E-state index in [1.807, 2.05) is 0 Å². The number of hydrazine groups is 1. The number of ether oxygens (including phenoxy) is 1. The second-order valence-electron chi connectivity index (χ2n) is 4.55. The highest BCUT2D eigenvalue weighted by Gasteiger charge is 2.13. The van der Waals surface area contributed by atoms with E-state index in [2.05, 4.69) is 10.2 Å². The largest absolute Gasteiger partial charge is 0.435 e. The molecule has 5 nitrogen and oxygen atoms in total. The monoisotopic (exact) mass is 322 g/mol. The van der Waals surface area contributed by atoms with E-state index in [1.54, 1.807) is 19.1 Å². The van der Waals surface area contributed by atoms with Gasteiger partial charge in [0.15, 0.2) is 0 Å². The van der Waals surface area contributed by atoms with Gasteiger partial charge in [0.2, 0.25) is 0 Å². The highest BCUT2D eigenvalue weighted by atomic mass is 32.2. The first-order valence-electron chi connectivity index (χ1n) is 6.59. The summed E-state index contributed by atoms with van der Waals surface area (Å²) in [6, 6.07) is 5.86. The summed E-state index contributed by atoms with van der Waals surface area (Å²) in [6.07, 6.45) is 1.01. The molecule has 3 N–H and O–H groups in total. The van der Waals surface area contributed by atoms with Crippen molar-refractivity contribution in [2.45, 2.75) is 32.4 Å². The lowest BCUT2D eigenvalue weighted by Gasteiger charge is -2.16. The van der Waals surface area contributed by atoms with E-state index in [9.17, 15) is 17.2 Å². The fraction of sp³-hybridized carbons (Fsp3) is 0.538. The summed E-state index contributed by atoms with van der Waals surface area (Å²) in [6.45, 7) is -1.26. The van der Waals surface area contributed by atoms with Gasteiger partial charge in [-0.1, -0.05) is 19.1 Å². The molecule has 1 rings (SSSR count). The molecule has 0 aliphatic rings. The highest BCUT2D eigenvalue weighted by molar-refractivity contribution is 7.91. The summed E-state index contributed by atoms with van der Waals surface area (Å²) < 4.78 is 51.2. The first kappa shape index (κ1) is 17.8. The summed E-state index contributed by atoms with van der Waals surface area (Å²) in [7, 11) is -3.00. The van der Waals surface area contributed by atoms with Gasteiger partial charge in [-0.25, -0.2) is 8.42 Å². The third-order valence-corrected chi connectivity index (χ3v) is 4.89. The molecule has 1 unspecified atom stereocenters. The Morgan fingerprint density at radius 1 is 1.29 bits per heavy atom. The molecule has 0 saturated carbocycles. The molecule has 0 heterocycles. The summed E-state index contributed by atoms with van der Waals surface area (Å²) >= 11 is 0. The van der Waals surface area contributed by atoms with Crippen LogP contribution in [0.2, 0.25) is 0 Å². The van der Waals surface area contributed by atoms with E-state index in [0.717, 1.165) is 5.56 Å². The standard InChI is InChI=1S/C13H20F2N2O3S/c1-2-21(18,19)9-3-4-12(17-16)10-5-7-11(8-6-10)20-13(14)15/h5-8,12-13,17H,2-4,9,16H2,1H3. The van der Waals surface area contributed by atoms with Gasteiger partial charge in [-0.15, -0.1) is 0 Å². The van der Waals surface area contributed by atoms with Gasteiger partial charge < -0.3 is 4.74 Å². The van der Waals surface area contributed by atoms with Gasteiger partial charge in [0, 0.05) is 11.8 Å². The number of hydrogen-bond acceptors (Lipinski definition) is 5. The molecular weight excluding hydrogens is 302 g/mol. The summed E-state index contributed by atoms with van der Waals surface area (Å²) in [4.78, 5) is 0. The smallest absolute Gasteiger partial charge is 0.387 e. The van der Waals surface area contributed by atoms with Gasteiger partial charge in [-0.2, -0.15) is 8.78 Å². The summed E-state index contributed by atoms with van der Waals surface area (Å²) in [5.41, 5.74) is 3.38. The Morgan fingerprint density at radius 2 is 1.90 bits per heavy atom. The minimum absolute atomic E-state index is 0.0677. The normalized spacial score (nSPS) is 13.4. The van der Waals surface area contributed by atoms with Crippen LogP contribution in [0.1, 0.15) is 31.4 Å². The molecule has 1 aromatic carbocycles. The quantitative estimate of drug-likeness (QED) is 0.537. The molecule has 0 bridgehead atoms. The van der Waals surface area contributed by atoms with E-state index in [4.69, 9.17) is 5.84 Å². The number of sulfone groups is 1. The average molecular weight is 322 g/mol. The zero-order valence-corrected chi connectivity index (χ0v) is 12.6. The Kier molecular flexibility index (Phi) is 7.00. The summed E-state index contributed by atoms with van der Waals surface area (Å²) in [5, 5.41) is 0. The third kappa shape index (κ3) is 6.36. The molecule has 0 aliphatic heterocycles. The first-order valence-corrected chi connectivity index (χ1v) is 8.41. The maximum Gasteiger partial charge on any atom is 0.387 e. The molecule has 0 spiro atoms. The minimum Gasteiger partial charge on any atom is -0.435 e. The van der Waals surface area contributed by atoms with Gasteiger partial charge in [0.25, 0.3) is 0 Å². The maximum absolute atomic E-state index is 12.0. The SMILES string of the molecule is CCS(=O)(=O)CCCC(NN)c1ccc(OC(F)F)cc1. The van der Waals surface area contributed by atoms with Crippen LogP contribution in [0.5, 0.6) is 5.75 Å². The Morgan fingerprint density at radius 3 is 2.38 bits per heavy atom. The van der Waals surface area contributed by atoms with Crippen LogP contribution in [-0.2, 0) is 9.84 Å². The van der Waals surface area contributed by atoms with Gasteiger partial charge in [0.1, 0.15) is 15.6 Å². The van der Waals surface area contributed by atoms with Crippen LogP contribution >= 0.6 is 0 Å². The summed E-state index contributed by atoms with van der Waals surface area (Å²) in [5.74, 6) is 5.75. The minimum atomic E-state index is -3.00. The van der Waals surface area contributed by atoms with E-state index >= 15 is 0 Å². The van der Waals surface area contributed by atoms with Crippen molar-refractivity contribution in [3.8, 4) is 5.75 Å². The lowest BCUT2D eigenvalue weighted by molar-refractivity contribution is -0.0498. The molecule has 0 radical (unpaired) electrons. The fourth-order valence-corrected chi connectivity index (χ4v) is 2.77. The fourth-order valence-electron chi connectivity index (χ4n) is 1.88. The van der Waals surface area contributed by atoms with Crippen LogP contribution in [0.4, 0.5) is 8.78 Å². The lowest BCUT2D eigenvalue weighted by Crippen LogP contribution is -2.28. The second-order valence-corrected chi connectivity index (χ2v) is 7.02. The molecular formula is C13H20F2N2O3S. The number of nitrogens with one attached hydrogen (secondary N) is 1. The molecule has 0 aromatic heterocycles. The number of alkyl halides is 2. The van der Waals surface area contributed by atoms with Gasteiger partial charge in [-0.05, 0) is 30.5 Å². The molecule has 120 valence electrons. The van der Waals surface area contributed by atoms with E-state index < -0.39 is 16.4 Å². The Labute approximate surface area is 123 Å². The molecule has 1 aromatic rings.